The molecular weight excluding hydrogens is 208 g/mol. The summed E-state index contributed by atoms with van der Waals surface area (Å²) in [6, 6.07) is 3.00. The molecule has 0 amide bonds. The summed E-state index contributed by atoms with van der Waals surface area (Å²) in [4.78, 5) is 11.9. The van der Waals surface area contributed by atoms with Crippen molar-refractivity contribution in [3.05, 3.63) is 28.7 Å². The van der Waals surface area contributed by atoms with Crippen molar-refractivity contribution < 1.29 is 9.84 Å². The van der Waals surface area contributed by atoms with Gasteiger partial charge in [0, 0.05) is 11.9 Å². The molecule has 0 saturated carbocycles. The Labute approximate surface area is 91.9 Å². The number of aromatic nitrogens is 2. The van der Waals surface area contributed by atoms with E-state index in [0.717, 1.165) is 0 Å². The van der Waals surface area contributed by atoms with Crippen LogP contribution in [0.3, 0.4) is 0 Å². The maximum absolute atomic E-state index is 11.9. The van der Waals surface area contributed by atoms with Crippen LogP contribution in [0.2, 0.25) is 0 Å². The maximum atomic E-state index is 11.9. The van der Waals surface area contributed by atoms with Crippen LogP contribution in [0.4, 0.5) is 0 Å². The van der Waals surface area contributed by atoms with Gasteiger partial charge in [0.1, 0.15) is 0 Å². The number of benzene rings is 1. The molecule has 0 spiro atoms. The van der Waals surface area contributed by atoms with Crippen LogP contribution in [-0.4, -0.2) is 22.0 Å². The third-order valence-electron chi connectivity index (χ3n) is 2.45. The number of methoxy groups -OCH3 is 1. The smallest absolute Gasteiger partial charge is 0.274 e. The lowest BCUT2D eigenvalue weighted by atomic mass is 10.2. The molecule has 0 aliphatic carbocycles. The highest BCUT2D eigenvalue weighted by Gasteiger charge is 2.08. The standard InChI is InChI=1S/C11H12N2O3/c1-3-13-11(15)8-5-10(16-2)9(14)4-7(8)6-12-13/h4-6,14H,3H2,1-2H3. The van der Waals surface area contributed by atoms with E-state index in [9.17, 15) is 9.90 Å². The second kappa shape index (κ2) is 3.84. The molecule has 84 valence electrons. The summed E-state index contributed by atoms with van der Waals surface area (Å²) in [6.07, 6.45) is 1.55. The van der Waals surface area contributed by atoms with Crippen LogP contribution in [-0.2, 0) is 6.54 Å². The molecule has 16 heavy (non-hydrogen) atoms. The Hall–Kier alpha value is -2.04. The molecule has 0 atom stereocenters. The SMILES string of the molecule is CCn1ncc2cc(O)c(OC)cc2c1=O. The van der Waals surface area contributed by atoms with Crippen LogP contribution < -0.4 is 10.3 Å². The van der Waals surface area contributed by atoms with E-state index in [-0.39, 0.29) is 11.3 Å². The van der Waals surface area contributed by atoms with Crippen LogP contribution in [0, 0.1) is 0 Å². The number of fused-ring (bicyclic) bond motifs is 1. The lowest BCUT2D eigenvalue weighted by Gasteiger charge is -2.06. The third-order valence-corrected chi connectivity index (χ3v) is 2.45. The largest absolute Gasteiger partial charge is 0.504 e. The van der Waals surface area contributed by atoms with Gasteiger partial charge in [-0.05, 0) is 19.1 Å². The minimum absolute atomic E-state index is 0.00504. The van der Waals surface area contributed by atoms with E-state index >= 15 is 0 Å². The average Bonchev–Trinajstić information content (AvgIpc) is 2.29. The van der Waals surface area contributed by atoms with Gasteiger partial charge in [-0.15, -0.1) is 0 Å². The van der Waals surface area contributed by atoms with E-state index in [0.29, 0.717) is 23.1 Å². The van der Waals surface area contributed by atoms with Crippen molar-refractivity contribution in [2.75, 3.05) is 7.11 Å². The number of phenols is 1. The molecule has 0 radical (unpaired) electrons. The molecule has 1 heterocycles. The van der Waals surface area contributed by atoms with Crippen LogP contribution in [0.1, 0.15) is 6.92 Å². The first-order chi connectivity index (χ1) is 7.67. The van der Waals surface area contributed by atoms with Crippen LogP contribution >= 0.6 is 0 Å². The number of aromatic hydroxyl groups is 1. The van der Waals surface area contributed by atoms with Gasteiger partial charge in [0.05, 0.1) is 18.7 Å². The molecule has 0 fully saturated rings. The summed E-state index contributed by atoms with van der Waals surface area (Å²) < 4.78 is 6.32. The highest BCUT2D eigenvalue weighted by molar-refractivity contribution is 5.84. The average molecular weight is 220 g/mol. The molecule has 1 aromatic heterocycles. The summed E-state index contributed by atoms with van der Waals surface area (Å²) in [6.45, 7) is 2.36. The van der Waals surface area contributed by atoms with E-state index in [4.69, 9.17) is 4.74 Å². The molecule has 0 saturated heterocycles. The molecule has 0 aliphatic heterocycles. The van der Waals surface area contributed by atoms with Crippen LogP contribution in [0.5, 0.6) is 11.5 Å². The summed E-state index contributed by atoms with van der Waals surface area (Å²) in [7, 11) is 1.44. The number of nitrogens with zero attached hydrogens (tertiary/aromatic N) is 2. The number of hydrogen-bond donors (Lipinski definition) is 1. The monoisotopic (exact) mass is 220 g/mol. The van der Waals surface area contributed by atoms with Crippen molar-refractivity contribution in [3.63, 3.8) is 0 Å². The molecule has 0 bridgehead atoms. The Morgan fingerprint density at radius 1 is 1.50 bits per heavy atom. The van der Waals surface area contributed by atoms with Crippen LogP contribution in [0.15, 0.2) is 23.1 Å². The van der Waals surface area contributed by atoms with E-state index in [1.807, 2.05) is 6.92 Å². The zero-order chi connectivity index (χ0) is 11.7. The number of ether oxygens (including phenoxy) is 1. The fraction of sp³-hybridized carbons (Fsp3) is 0.273. The maximum Gasteiger partial charge on any atom is 0.274 e. The quantitative estimate of drug-likeness (QED) is 0.824. The predicted molar refractivity (Wildman–Crippen MR) is 59.9 cm³/mol. The number of phenolic OH excluding ortho intramolecular Hbond substituents is 1. The zero-order valence-corrected chi connectivity index (χ0v) is 9.10. The lowest BCUT2D eigenvalue weighted by Crippen LogP contribution is -2.21. The summed E-state index contributed by atoms with van der Waals surface area (Å²) >= 11 is 0. The Bertz CT molecular complexity index is 590. The molecule has 2 aromatic rings. The highest BCUT2D eigenvalue weighted by atomic mass is 16.5. The van der Waals surface area contributed by atoms with Gasteiger partial charge in [0.15, 0.2) is 11.5 Å². The topological polar surface area (TPSA) is 64.3 Å². The van der Waals surface area contributed by atoms with Gasteiger partial charge < -0.3 is 9.84 Å². The highest BCUT2D eigenvalue weighted by Crippen LogP contribution is 2.29. The van der Waals surface area contributed by atoms with E-state index < -0.39 is 0 Å². The van der Waals surface area contributed by atoms with Gasteiger partial charge in [-0.25, -0.2) is 4.68 Å². The van der Waals surface area contributed by atoms with Crippen molar-refractivity contribution in [1.82, 2.24) is 9.78 Å². The van der Waals surface area contributed by atoms with E-state index in [1.54, 1.807) is 6.20 Å². The van der Waals surface area contributed by atoms with Crippen molar-refractivity contribution in [2.24, 2.45) is 0 Å². The van der Waals surface area contributed by atoms with Crippen molar-refractivity contribution >= 4 is 10.8 Å². The molecule has 5 heteroatoms. The first-order valence-corrected chi connectivity index (χ1v) is 4.94. The Morgan fingerprint density at radius 3 is 2.88 bits per heavy atom. The van der Waals surface area contributed by atoms with Gasteiger partial charge in [0.25, 0.3) is 5.56 Å². The molecule has 1 aromatic carbocycles. The van der Waals surface area contributed by atoms with Gasteiger partial charge in [-0.1, -0.05) is 0 Å². The summed E-state index contributed by atoms with van der Waals surface area (Å²) in [5, 5.41) is 14.6. The van der Waals surface area contributed by atoms with Crippen molar-refractivity contribution in [2.45, 2.75) is 13.5 Å². The Morgan fingerprint density at radius 2 is 2.25 bits per heavy atom. The first kappa shape index (κ1) is 10.5. The fourth-order valence-electron chi connectivity index (χ4n) is 1.59. The van der Waals surface area contributed by atoms with Gasteiger partial charge >= 0.3 is 0 Å². The van der Waals surface area contributed by atoms with E-state index in [2.05, 4.69) is 5.10 Å². The van der Waals surface area contributed by atoms with E-state index in [1.165, 1.54) is 23.9 Å². The zero-order valence-electron chi connectivity index (χ0n) is 9.10. The minimum atomic E-state index is -0.182. The van der Waals surface area contributed by atoms with Gasteiger partial charge in [-0.3, -0.25) is 4.79 Å². The summed E-state index contributed by atoms with van der Waals surface area (Å²) in [5.41, 5.74) is -0.182. The molecular formula is C11H12N2O3. The van der Waals surface area contributed by atoms with Crippen LogP contribution in [0.25, 0.3) is 10.8 Å². The van der Waals surface area contributed by atoms with Gasteiger partial charge in [-0.2, -0.15) is 5.10 Å². The fourth-order valence-corrected chi connectivity index (χ4v) is 1.59. The lowest BCUT2D eigenvalue weighted by molar-refractivity contribution is 0.374. The molecule has 0 unspecified atom stereocenters. The molecule has 1 N–H and O–H groups in total. The normalized spacial score (nSPS) is 10.6. The number of rotatable bonds is 2. The molecule has 0 aliphatic rings. The van der Waals surface area contributed by atoms with Crippen molar-refractivity contribution in [3.8, 4) is 11.5 Å². The number of hydrogen-bond acceptors (Lipinski definition) is 4. The number of aryl methyl sites for hydroxylation is 1. The van der Waals surface area contributed by atoms with Gasteiger partial charge in [0.2, 0.25) is 0 Å². The van der Waals surface area contributed by atoms with Crippen molar-refractivity contribution in [1.29, 1.82) is 0 Å². The first-order valence-electron chi connectivity index (χ1n) is 4.94. The predicted octanol–water partition coefficient (Wildman–Crippen LogP) is 1.13. The minimum Gasteiger partial charge on any atom is -0.504 e. The summed E-state index contributed by atoms with van der Waals surface area (Å²) in [5.74, 6) is 0.295. The second-order valence-corrected chi connectivity index (χ2v) is 3.38. The molecule has 2 rings (SSSR count). The third kappa shape index (κ3) is 1.50. The Balaban J connectivity index is 2.82. The Kier molecular flexibility index (Phi) is 2.52. The molecule has 5 nitrogen and oxygen atoms in total. The second-order valence-electron chi connectivity index (χ2n) is 3.38.